The Morgan fingerprint density at radius 3 is 2.67 bits per heavy atom. The SMILES string of the molecule is Cc1cn([C@H]2CCCN(C(CC(C)C)c3ccc(C#N)c(F)c3F)C2)c(=O)[nH]c1=O. The number of piperidine rings is 1. The summed E-state index contributed by atoms with van der Waals surface area (Å²) in [7, 11) is 0. The van der Waals surface area contributed by atoms with Gasteiger partial charge in [-0.05, 0) is 44.7 Å². The minimum absolute atomic E-state index is 0.178. The predicted octanol–water partition coefficient (Wildman–Crippen LogP) is 3.42. The fourth-order valence-electron chi connectivity index (χ4n) is 4.18. The highest BCUT2D eigenvalue weighted by Gasteiger charge is 2.31. The van der Waals surface area contributed by atoms with Gasteiger partial charge in [0.05, 0.1) is 11.6 Å². The van der Waals surface area contributed by atoms with E-state index in [-0.39, 0.29) is 29.1 Å². The number of H-pyrrole nitrogens is 1. The zero-order valence-electron chi connectivity index (χ0n) is 17.4. The topological polar surface area (TPSA) is 81.9 Å². The van der Waals surface area contributed by atoms with E-state index >= 15 is 0 Å². The first-order valence-corrected chi connectivity index (χ1v) is 10.2. The van der Waals surface area contributed by atoms with E-state index in [9.17, 15) is 18.4 Å². The molecule has 2 heterocycles. The molecule has 1 aromatic carbocycles. The van der Waals surface area contributed by atoms with Gasteiger partial charge in [0.1, 0.15) is 6.07 Å². The van der Waals surface area contributed by atoms with Gasteiger partial charge in [0.15, 0.2) is 11.6 Å². The van der Waals surface area contributed by atoms with Crippen LogP contribution < -0.4 is 11.2 Å². The predicted molar refractivity (Wildman–Crippen MR) is 109 cm³/mol. The van der Waals surface area contributed by atoms with Crippen LogP contribution in [0.5, 0.6) is 0 Å². The molecule has 0 radical (unpaired) electrons. The Balaban J connectivity index is 1.97. The van der Waals surface area contributed by atoms with Crippen LogP contribution in [0.15, 0.2) is 27.9 Å². The van der Waals surface area contributed by atoms with Crippen molar-refractivity contribution in [1.29, 1.82) is 5.26 Å². The van der Waals surface area contributed by atoms with Gasteiger partial charge >= 0.3 is 5.69 Å². The number of hydrogen-bond donors (Lipinski definition) is 1. The molecule has 1 aliphatic heterocycles. The number of aromatic nitrogens is 2. The molecule has 2 aromatic rings. The number of nitrogens with one attached hydrogen (secondary N) is 1. The minimum Gasteiger partial charge on any atom is -0.296 e. The largest absolute Gasteiger partial charge is 0.328 e. The van der Waals surface area contributed by atoms with Crippen molar-refractivity contribution in [2.45, 2.75) is 52.1 Å². The lowest BCUT2D eigenvalue weighted by Crippen LogP contribution is -2.43. The molecule has 1 fully saturated rings. The molecule has 0 bridgehead atoms. The Morgan fingerprint density at radius 2 is 2.00 bits per heavy atom. The summed E-state index contributed by atoms with van der Waals surface area (Å²) in [5, 5.41) is 8.97. The van der Waals surface area contributed by atoms with Gasteiger partial charge in [0, 0.05) is 29.9 Å². The van der Waals surface area contributed by atoms with Crippen LogP contribution in [-0.2, 0) is 0 Å². The lowest BCUT2D eigenvalue weighted by atomic mass is 9.91. The maximum Gasteiger partial charge on any atom is 0.328 e. The standard InChI is InChI=1S/C22H26F2N4O2/c1-13(2)9-18(17-7-6-15(10-25)19(23)20(17)24)27-8-4-5-16(12-27)28-11-14(3)21(29)26-22(28)30/h6-7,11,13,16,18H,4-5,8-9,12H2,1-3H3,(H,26,29,30)/t16-,18?/m0/s1. The van der Waals surface area contributed by atoms with Crippen LogP contribution in [0.2, 0.25) is 0 Å². The number of likely N-dealkylation sites (tertiary alicyclic amines) is 1. The number of nitriles is 1. The fourth-order valence-corrected chi connectivity index (χ4v) is 4.18. The van der Waals surface area contributed by atoms with Crippen molar-refractivity contribution in [2.24, 2.45) is 5.92 Å². The third-order valence-corrected chi connectivity index (χ3v) is 5.69. The second-order valence-electron chi connectivity index (χ2n) is 8.36. The highest BCUT2D eigenvalue weighted by molar-refractivity contribution is 5.36. The highest BCUT2D eigenvalue weighted by atomic mass is 19.2. The van der Waals surface area contributed by atoms with Crippen LogP contribution in [0.25, 0.3) is 0 Å². The summed E-state index contributed by atoms with van der Waals surface area (Å²) in [4.78, 5) is 28.4. The summed E-state index contributed by atoms with van der Waals surface area (Å²) in [6, 6.07) is 3.92. The van der Waals surface area contributed by atoms with Crippen molar-refractivity contribution in [2.75, 3.05) is 13.1 Å². The molecule has 1 aliphatic rings. The van der Waals surface area contributed by atoms with E-state index in [0.29, 0.717) is 25.1 Å². The number of rotatable bonds is 5. The van der Waals surface area contributed by atoms with Gasteiger partial charge in [0.25, 0.3) is 5.56 Å². The fraction of sp³-hybridized carbons (Fsp3) is 0.500. The maximum absolute atomic E-state index is 14.8. The lowest BCUT2D eigenvalue weighted by molar-refractivity contribution is 0.107. The summed E-state index contributed by atoms with van der Waals surface area (Å²) in [5.41, 5.74) is -0.506. The Hall–Kier alpha value is -2.79. The summed E-state index contributed by atoms with van der Waals surface area (Å²) < 4.78 is 30.7. The summed E-state index contributed by atoms with van der Waals surface area (Å²) in [6.45, 7) is 6.84. The summed E-state index contributed by atoms with van der Waals surface area (Å²) in [6.07, 6.45) is 3.70. The summed E-state index contributed by atoms with van der Waals surface area (Å²) in [5.74, 6) is -1.88. The van der Waals surface area contributed by atoms with E-state index in [4.69, 9.17) is 5.26 Å². The molecule has 1 aromatic heterocycles. The molecule has 1 saturated heterocycles. The van der Waals surface area contributed by atoms with Gasteiger partial charge < -0.3 is 0 Å². The number of aryl methyl sites for hydroxylation is 1. The molecule has 30 heavy (non-hydrogen) atoms. The molecule has 0 spiro atoms. The molecule has 0 amide bonds. The highest BCUT2D eigenvalue weighted by Crippen LogP contribution is 2.35. The third-order valence-electron chi connectivity index (χ3n) is 5.69. The molecule has 3 rings (SSSR count). The molecular formula is C22H26F2N4O2. The zero-order chi connectivity index (χ0) is 22.0. The normalized spacial score (nSPS) is 18.4. The van der Waals surface area contributed by atoms with Crippen molar-refractivity contribution in [1.82, 2.24) is 14.5 Å². The van der Waals surface area contributed by atoms with Crippen LogP contribution in [0.4, 0.5) is 8.78 Å². The van der Waals surface area contributed by atoms with Crippen molar-refractivity contribution in [3.8, 4) is 6.07 Å². The first-order chi connectivity index (χ1) is 14.2. The van der Waals surface area contributed by atoms with Crippen LogP contribution in [0.3, 0.4) is 0 Å². The Morgan fingerprint density at radius 1 is 1.27 bits per heavy atom. The van der Waals surface area contributed by atoms with Crippen molar-refractivity contribution in [3.63, 3.8) is 0 Å². The molecule has 8 heteroatoms. The van der Waals surface area contributed by atoms with E-state index in [1.165, 1.54) is 16.7 Å². The van der Waals surface area contributed by atoms with Crippen LogP contribution >= 0.6 is 0 Å². The van der Waals surface area contributed by atoms with Crippen LogP contribution in [0.1, 0.15) is 61.9 Å². The molecule has 160 valence electrons. The molecule has 1 unspecified atom stereocenters. The Labute approximate surface area is 173 Å². The maximum atomic E-state index is 14.8. The Kier molecular flexibility index (Phi) is 6.52. The third kappa shape index (κ3) is 4.36. The first-order valence-electron chi connectivity index (χ1n) is 10.2. The van der Waals surface area contributed by atoms with Gasteiger partial charge in [0.2, 0.25) is 0 Å². The zero-order valence-corrected chi connectivity index (χ0v) is 17.4. The van der Waals surface area contributed by atoms with Crippen molar-refractivity contribution >= 4 is 0 Å². The van der Waals surface area contributed by atoms with E-state index in [1.807, 2.05) is 13.8 Å². The lowest BCUT2D eigenvalue weighted by Gasteiger charge is -2.40. The molecule has 2 atom stereocenters. The number of hydrogen-bond acceptors (Lipinski definition) is 4. The average molecular weight is 416 g/mol. The molecule has 1 N–H and O–H groups in total. The number of benzene rings is 1. The van der Waals surface area contributed by atoms with Gasteiger partial charge in [-0.3, -0.25) is 19.2 Å². The quantitative estimate of drug-likeness (QED) is 0.810. The van der Waals surface area contributed by atoms with E-state index in [1.54, 1.807) is 19.2 Å². The molecule has 0 saturated carbocycles. The second-order valence-corrected chi connectivity index (χ2v) is 8.36. The number of halogens is 2. The second kappa shape index (κ2) is 8.92. The van der Waals surface area contributed by atoms with E-state index < -0.39 is 22.9 Å². The Bertz CT molecular complexity index is 1080. The first kappa shape index (κ1) is 21.9. The van der Waals surface area contributed by atoms with Gasteiger partial charge in [-0.1, -0.05) is 19.9 Å². The minimum atomic E-state index is -1.12. The van der Waals surface area contributed by atoms with E-state index in [0.717, 1.165) is 12.8 Å². The van der Waals surface area contributed by atoms with Gasteiger partial charge in [-0.15, -0.1) is 0 Å². The average Bonchev–Trinajstić information content (AvgIpc) is 2.71. The van der Waals surface area contributed by atoms with Crippen molar-refractivity contribution in [3.05, 3.63) is 67.5 Å². The van der Waals surface area contributed by atoms with Crippen LogP contribution in [-0.4, -0.2) is 27.5 Å². The van der Waals surface area contributed by atoms with Gasteiger partial charge in [-0.2, -0.15) is 5.26 Å². The van der Waals surface area contributed by atoms with Crippen LogP contribution in [0, 0.1) is 35.8 Å². The van der Waals surface area contributed by atoms with Crippen molar-refractivity contribution < 1.29 is 8.78 Å². The molecular weight excluding hydrogens is 390 g/mol. The monoisotopic (exact) mass is 416 g/mol. The van der Waals surface area contributed by atoms with E-state index in [2.05, 4.69) is 9.88 Å². The van der Waals surface area contributed by atoms with Gasteiger partial charge in [-0.25, -0.2) is 13.6 Å². The number of aromatic amines is 1. The molecule has 6 nitrogen and oxygen atoms in total. The smallest absolute Gasteiger partial charge is 0.296 e. The number of nitrogens with zero attached hydrogens (tertiary/aromatic N) is 3. The summed E-state index contributed by atoms with van der Waals surface area (Å²) >= 11 is 0. The molecule has 0 aliphatic carbocycles.